The van der Waals surface area contributed by atoms with Gasteiger partial charge >= 0.3 is 5.97 Å². The van der Waals surface area contributed by atoms with Gasteiger partial charge in [0, 0.05) is 23.1 Å². The van der Waals surface area contributed by atoms with E-state index in [1.165, 1.54) is 30.3 Å². The highest BCUT2D eigenvalue weighted by Crippen LogP contribution is 2.44. The van der Waals surface area contributed by atoms with Gasteiger partial charge in [0.05, 0.1) is 41.8 Å². The van der Waals surface area contributed by atoms with E-state index in [0.717, 1.165) is 0 Å². The van der Waals surface area contributed by atoms with Gasteiger partial charge in [-0.25, -0.2) is 0 Å². The van der Waals surface area contributed by atoms with E-state index in [9.17, 15) is 19.5 Å². The van der Waals surface area contributed by atoms with Gasteiger partial charge in [0.25, 0.3) is 11.7 Å². The van der Waals surface area contributed by atoms with Gasteiger partial charge in [-0.15, -0.1) is 0 Å². The third-order valence-corrected chi connectivity index (χ3v) is 6.34. The van der Waals surface area contributed by atoms with Crippen molar-refractivity contribution >= 4 is 52.3 Å². The third kappa shape index (κ3) is 5.37. The molecule has 2 heterocycles. The monoisotopic (exact) mass is 554 g/mol. The zero-order valence-electron chi connectivity index (χ0n) is 20.8. The number of halogens is 2. The number of benzene rings is 2. The van der Waals surface area contributed by atoms with E-state index in [1.807, 2.05) is 0 Å². The zero-order valence-corrected chi connectivity index (χ0v) is 22.3. The summed E-state index contributed by atoms with van der Waals surface area (Å²) in [4.78, 5) is 44.2. The molecule has 4 rings (SSSR count). The lowest BCUT2D eigenvalue weighted by Crippen LogP contribution is -2.29. The SMILES string of the molecule is COc1c(Cl)cc(Cl)cc1/C(O)=C1\C(=O)C(=O)N(c2ccc(CC(=O)OC(C)C)cc2)C1c1cccnc1. The Bertz CT molecular complexity index is 1420. The van der Waals surface area contributed by atoms with Gasteiger partial charge in [0.1, 0.15) is 11.5 Å². The molecule has 0 spiro atoms. The molecular formula is C28H24Cl2N2O6. The maximum Gasteiger partial charge on any atom is 0.310 e. The fourth-order valence-corrected chi connectivity index (χ4v) is 4.86. The quantitative estimate of drug-likeness (QED) is 0.177. The number of ether oxygens (including phenoxy) is 2. The Labute approximate surface area is 229 Å². The van der Waals surface area contributed by atoms with Crippen LogP contribution in [-0.4, -0.2) is 41.0 Å². The molecule has 1 saturated heterocycles. The van der Waals surface area contributed by atoms with Crippen molar-refractivity contribution in [3.8, 4) is 5.75 Å². The van der Waals surface area contributed by atoms with Crippen LogP contribution in [0.15, 0.2) is 66.5 Å². The van der Waals surface area contributed by atoms with Gasteiger partial charge in [-0.2, -0.15) is 0 Å². The van der Waals surface area contributed by atoms with Gasteiger partial charge in [-0.1, -0.05) is 41.4 Å². The lowest BCUT2D eigenvalue weighted by Gasteiger charge is -2.25. The molecule has 2 aromatic carbocycles. The lowest BCUT2D eigenvalue weighted by molar-refractivity contribution is -0.146. The first-order valence-electron chi connectivity index (χ1n) is 11.6. The van der Waals surface area contributed by atoms with Crippen LogP contribution in [0.4, 0.5) is 5.69 Å². The molecule has 0 aliphatic carbocycles. The number of ketones is 1. The average molecular weight is 555 g/mol. The third-order valence-electron chi connectivity index (χ3n) is 5.84. The molecule has 1 aromatic heterocycles. The molecule has 3 aromatic rings. The summed E-state index contributed by atoms with van der Waals surface area (Å²) < 4.78 is 10.5. The van der Waals surface area contributed by atoms with Crippen molar-refractivity contribution in [2.45, 2.75) is 32.4 Å². The first kappa shape index (κ1) is 27.2. The zero-order chi connectivity index (χ0) is 27.6. The van der Waals surface area contributed by atoms with E-state index >= 15 is 0 Å². The van der Waals surface area contributed by atoms with Crippen LogP contribution in [0.3, 0.4) is 0 Å². The average Bonchev–Trinajstić information content (AvgIpc) is 3.14. The summed E-state index contributed by atoms with van der Waals surface area (Å²) in [6.45, 7) is 3.53. The van der Waals surface area contributed by atoms with Gasteiger partial charge in [-0.05, 0) is 55.3 Å². The van der Waals surface area contributed by atoms with E-state index in [4.69, 9.17) is 32.7 Å². The van der Waals surface area contributed by atoms with Crippen LogP contribution in [0.2, 0.25) is 10.0 Å². The predicted molar refractivity (Wildman–Crippen MR) is 143 cm³/mol. The van der Waals surface area contributed by atoms with Crippen LogP contribution in [0.1, 0.15) is 36.6 Å². The Morgan fingerprint density at radius 3 is 2.45 bits per heavy atom. The molecule has 0 radical (unpaired) electrons. The number of aliphatic hydroxyl groups excluding tert-OH is 1. The minimum absolute atomic E-state index is 0.0542. The highest BCUT2D eigenvalue weighted by molar-refractivity contribution is 6.51. The van der Waals surface area contributed by atoms with Crippen LogP contribution in [0, 0.1) is 0 Å². The molecule has 1 aliphatic heterocycles. The number of hydrogen-bond acceptors (Lipinski definition) is 7. The molecule has 196 valence electrons. The van der Waals surface area contributed by atoms with Gasteiger partial charge in [0.2, 0.25) is 0 Å². The van der Waals surface area contributed by atoms with Crippen LogP contribution in [0.5, 0.6) is 5.75 Å². The lowest BCUT2D eigenvalue weighted by atomic mass is 9.95. The molecule has 1 amide bonds. The highest BCUT2D eigenvalue weighted by Gasteiger charge is 2.47. The number of methoxy groups -OCH3 is 1. The first-order chi connectivity index (χ1) is 18.1. The van der Waals surface area contributed by atoms with Crippen molar-refractivity contribution in [2.24, 2.45) is 0 Å². The number of aromatic nitrogens is 1. The molecule has 8 nitrogen and oxygen atoms in total. The van der Waals surface area contributed by atoms with Crippen molar-refractivity contribution in [2.75, 3.05) is 12.0 Å². The van der Waals surface area contributed by atoms with E-state index in [-0.39, 0.29) is 45.4 Å². The van der Waals surface area contributed by atoms with Gasteiger partial charge in [0.15, 0.2) is 0 Å². The Balaban J connectivity index is 1.83. The smallest absolute Gasteiger partial charge is 0.310 e. The van der Waals surface area contributed by atoms with Crippen molar-refractivity contribution in [1.29, 1.82) is 0 Å². The second-order valence-corrected chi connectivity index (χ2v) is 9.65. The number of nitrogens with zero attached hydrogens (tertiary/aromatic N) is 2. The number of aliphatic hydroxyl groups is 1. The second-order valence-electron chi connectivity index (χ2n) is 8.81. The summed E-state index contributed by atoms with van der Waals surface area (Å²) in [5.74, 6) is -2.52. The number of carbonyl (C=O) groups excluding carboxylic acids is 3. The van der Waals surface area contributed by atoms with E-state index in [0.29, 0.717) is 16.8 Å². The molecule has 0 saturated carbocycles. The predicted octanol–water partition coefficient (Wildman–Crippen LogP) is 5.52. The molecule has 1 fully saturated rings. The normalized spacial score (nSPS) is 16.7. The maximum atomic E-state index is 13.4. The fourth-order valence-electron chi connectivity index (χ4n) is 4.29. The fraction of sp³-hybridized carbons (Fsp3) is 0.214. The molecule has 10 heteroatoms. The summed E-state index contributed by atoms with van der Waals surface area (Å²) in [7, 11) is 1.36. The minimum Gasteiger partial charge on any atom is -0.507 e. The van der Waals surface area contributed by atoms with Crippen molar-refractivity contribution in [3.05, 3.63) is 93.2 Å². The second kappa shape index (κ2) is 11.2. The molecular weight excluding hydrogens is 531 g/mol. The van der Waals surface area contributed by atoms with Crippen molar-refractivity contribution in [1.82, 2.24) is 4.98 Å². The summed E-state index contributed by atoms with van der Waals surface area (Å²) in [6.07, 6.45) is 2.88. The van der Waals surface area contributed by atoms with Crippen molar-refractivity contribution in [3.63, 3.8) is 0 Å². The summed E-state index contributed by atoms with van der Waals surface area (Å²) in [5.41, 5.74) is 1.44. The number of pyridine rings is 1. The Morgan fingerprint density at radius 2 is 1.84 bits per heavy atom. The van der Waals surface area contributed by atoms with Gasteiger partial charge < -0.3 is 14.6 Å². The van der Waals surface area contributed by atoms with Crippen LogP contribution in [-0.2, 0) is 25.5 Å². The number of rotatable bonds is 7. The van der Waals surface area contributed by atoms with Crippen LogP contribution >= 0.6 is 23.2 Å². The topological polar surface area (TPSA) is 106 Å². The Morgan fingerprint density at radius 1 is 1.13 bits per heavy atom. The molecule has 1 unspecified atom stereocenters. The molecule has 1 N–H and O–H groups in total. The number of amides is 1. The maximum absolute atomic E-state index is 13.4. The number of hydrogen-bond donors (Lipinski definition) is 1. The van der Waals surface area contributed by atoms with Crippen LogP contribution in [0.25, 0.3) is 5.76 Å². The summed E-state index contributed by atoms with van der Waals surface area (Å²) in [5, 5.41) is 11.7. The number of anilines is 1. The van der Waals surface area contributed by atoms with E-state index in [1.54, 1.807) is 56.4 Å². The van der Waals surface area contributed by atoms with Gasteiger partial charge in [-0.3, -0.25) is 24.3 Å². The summed E-state index contributed by atoms with van der Waals surface area (Å²) >= 11 is 12.4. The van der Waals surface area contributed by atoms with E-state index < -0.39 is 23.5 Å². The first-order valence-corrected chi connectivity index (χ1v) is 12.4. The molecule has 1 atom stereocenters. The van der Waals surface area contributed by atoms with Crippen LogP contribution < -0.4 is 9.64 Å². The summed E-state index contributed by atoms with van der Waals surface area (Å²) in [6, 6.07) is 11.8. The standard InChI is InChI=1S/C28H24Cl2N2O6/c1-15(2)38-22(33)11-16-6-8-19(9-7-16)32-24(17-5-4-10-31-14-17)23(26(35)28(32)36)25(34)20-12-18(29)13-21(30)27(20)37-3/h4-10,12-15,24,34H,11H2,1-3H3/b25-23+. The largest absolute Gasteiger partial charge is 0.507 e. The minimum atomic E-state index is -1.01. The highest BCUT2D eigenvalue weighted by atomic mass is 35.5. The number of carbonyl (C=O) groups is 3. The molecule has 1 aliphatic rings. The molecule has 38 heavy (non-hydrogen) atoms. The van der Waals surface area contributed by atoms with E-state index in [2.05, 4.69) is 4.98 Å². The Kier molecular flexibility index (Phi) is 8.04. The number of esters is 1. The number of Topliss-reactive ketones (excluding diaryl/α,β-unsaturated/α-hetero) is 1. The molecule has 0 bridgehead atoms. The Hall–Kier alpha value is -3.88. The van der Waals surface area contributed by atoms with Crippen molar-refractivity contribution < 1.29 is 29.0 Å².